The number of methoxy groups -OCH3 is 2. The van der Waals surface area contributed by atoms with Crippen molar-refractivity contribution in [3.63, 3.8) is 0 Å². The second-order valence-corrected chi connectivity index (χ2v) is 8.14. The minimum atomic E-state index is -3.43. The number of sulfonamides is 1. The van der Waals surface area contributed by atoms with E-state index in [1.54, 1.807) is 18.2 Å². The molecule has 0 heterocycles. The van der Waals surface area contributed by atoms with Crippen LogP contribution < -0.4 is 13.8 Å². The Morgan fingerprint density at radius 2 is 1.60 bits per heavy atom. The van der Waals surface area contributed by atoms with Crippen LogP contribution in [0.5, 0.6) is 11.5 Å². The van der Waals surface area contributed by atoms with Crippen LogP contribution in [0.25, 0.3) is 0 Å². The van der Waals surface area contributed by atoms with Gasteiger partial charge in [0.2, 0.25) is 10.0 Å². The summed E-state index contributed by atoms with van der Waals surface area (Å²) in [5, 5.41) is 0. The van der Waals surface area contributed by atoms with E-state index in [-0.39, 0.29) is 6.54 Å². The highest BCUT2D eigenvalue weighted by Gasteiger charge is 2.18. The molecule has 0 amide bonds. The molecule has 0 aromatic heterocycles. The molecule has 0 radical (unpaired) electrons. The zero-order valence-corrected chi connectivity index (χ0v) is 16.8. The summed E-state index contributed by atoms with van der Waals surface area (Å²) in [5.74, 6) is 1.10. The first-order valence-electron chi connectivity index (χ1n) is 8.17. The van der Waals surface area contributed by atoms with Gasteiger partial charge < -0.3 is 9.47 Å². The second-order valence-electron chi connectivity index (χ2n) is 6.24. The fourth-order valence-electron chi connectivity index (χ4n) is 2.30. The van der Waals surface area contributed by atoms with Crippen LogP contribution in [0.15, 0.2) is 41.5 Å². The highest BCUT2D eigenvalue weighted by molar-refractivity contribution is 7.92. The first kappa shape index (κ1) is 21.1. The van der Waals surface area contributed by atoms with Gasteiger partial charge in [0.05, 0.1) is 32.7 Å². The largest absolute Gasteiger partial charge is 0.497 e. The molecule has 0 saturated carbocycles. The van der Waals surface area contributed by atoms with Crippen molar-refractivity contribution >= 4 is 15.7 Å². The molecule has 0 fully saturated rings. The lowest BCUT2D eigenvalue weighted by Crippen LogP contribution is -2.30. The van der Waals surface area contributed by atoms with E-state index >= 15 is 0 Å². The van der Waals surface area contributed by atoms with Crippen LogP contribution in [0, 0.1) is 0 Å². The van der Waals surface area contributed by atoms with Gasteiger partial charge in [-0.25, -0.2) is 8.42 Å². The predicted molar refractivity (Wildman–Crippen MR) is 104 cm³/mol. The maximum Gasteiger partial charge on any atom is 0.232 e. The van der Waals surface area contributed by atoms with Crippen LogP contribution in [-0.4, -0.2) is 35.4 Å². The summed E-state index contributed by atoms with van der Waals surface area (Å²) in [4.78, 5) is 0. The van der Waals surface area contributed by atoms with Crippen LogP contribution in [-0.2, 0) is 10.0 Å². The summed E-state index contributed by atoms with van der Waals surface area (Å²) in [7, 11) is -0.355. The molecule has 5 nitrogen and oxygen atoms in total. The molecule has 0 spiro atoms. The van der Waals surface area contributed by atoms with Gasteiger partial charge >= 0.3 is 0 Å². The van der Waals surface area contributed by atoms with Crippen molar-refractivity contribution in [3.8, 4) is 11.5 Å². The molecule has 0 N–H and O–H groups in total. The van der Waals surface area contributed by atoms with Gasteiger partial charge in [0.1, 0.15) is 11.5 Å². The number of rotatable bonds is 9. The molecule has 1 aromatic carbocycles. The number of hydrogen-bond acceptors (Lipinski definition) is 4. The zero-order valence-electron chi connectivity index (χ0n) is 16.0. The fourth-order valence-corrected chi connectivity index (χ4v) is 3.13. The third kappa shape index (κ3) is 7.22. The second kappa shape index (κ2) is 9.51. The summed E-state index contributed by atoms with van der Waals surface area (Å²) in [6.45, 7) is 6.43. The Labute approximate surface area is 152 Å². The van der Waals surface area contributed by atoms with Crippen molar-refractivity contribution in [2.45, 2.75) is 33.6 Å². The molecule has 0 aliphatic heterocycles. The average molecular weight is 368 g/mol. The molecule has 140 valence electrons. The summed E-state index contributed by atoms with van der Waals surface area (Å²) in [6.07, 6.45) is 7.19. The Morgan fingerprint density at radius 3 is 2.04 bits per heavy atom. The third-order valence-electron chi connectivity index (χ3n) is 3.72. The first-order chi connectivity index (χ1) is 11.7. The predicted octanol–water partition coefficient (Wildman–Crippen LogP) is 4.16. The Morgan fingerprint density at radius 1 is 1.04 bits per heavy atom. The van der Waals surface area contributed by atoms with E-state index in [0.29, 0.717) is 17.2 Å². The van der Waals surface area contributed by atoms with Gasteiger partial charge in [0.25, 0.3) is 0 Å². The molecule has 0 bridgehead atoms. The van der Waals surface area contributed by atoms with Gasteiger partial charge in [0.15, 0.2) is 0 Å². The zero-order chi connectivity index (χ0) is 19.0. The summed E-state index contributed by atoms with van der Waals surface area (Å²) < 4.78 is 36.3. The molecular formula is C19H29NO4S. The Kier molecular flexibility index (Phi) is 8.03. The fraction of sp³-hybridized carbons (Fsp3) is 0.474. The van der Waals surface area contributed by atoms with E-state index in [1.165, 1.54) is 30.4 Å². The monoisotopic (exact) mass is 367 g/mol. The summed E-state index contributed by atoms with van der Waals surface area (Å²) >= 11 is 0. The Hall–Kier alpha value is -1.95. The van der Waals surface area contributed by atoms with E-state index < -0.39 is 10.0 Å². The Bertz CT molecular complexity index is 710. The normalized spacial score (nSPS) is 11.8. The molecule has 6 heteroatoms. The van der Waals surface area contributed by atoms with E-state index in [2.05, 4.69) is 19.9 Å². The van der Waals surface area contributed by atoms with E-state index in [1.807, 2.05) is 13.0 Å². The van der Waals surface area contributed by atoms with Crippen LogP contribution in [0.4, 0.5) is 5.69 Å². The van der Waals surface area contributed by atoms with Gasteiger partial charge in [-0.05, 0) is 33.6 Å². The SMILES string of the molecule is COc1cc(OC)cc(N(C/C=C(\C)CCC=C(C)C)S(C)(=O)=O)c1. The molecule has 0 atom stereocenters. The van der Waals surface area contributed by atoms with Gasteiger partial charge in [0, 0.05) is 18.2 Å². The smallest absolute Gasteiger partial charge is 0.232 e. The van der Waals surface area contributed by atoms with Crippen LogP contribution in [0.2, 0.25) is 0 Å². The maximum atomic E-state index is 12.3. The van der Waals surface area contributed by atoms with Gasteiger partial charge in [-0.1, -0.05) is 23.3 Å². The van der Waals surface area contributed by atoms with E-state index in [9.17, 15) is 8.42 Å². The summed E-state index contributed by atoms with van der Waals surface area (Å²) in [6, 6.07) is 5.09. The number of benzene rings is 1. The lowest BCUT2D eigenvalue weighted by Gasteiger charge is -2.22. The highest BCUT2D eigenvalue weighted by atomic mass is 32.2. The molecule has 25 heavy (non-hydrogen) atoms. The minimum Gasteiger partial charge on any atom is -0.497 e. The number of ether oxygens (including phenoxy) is 2. The van der Waals surface area contributed by atoms with Crippen molar-refractivity contribution in [1.29, 1.82) is 0 Å². The van der Waals surface area contributed by atoms with Gasteiger partial charge in [-0.3, -0.25) is 4.31 Å². The maximum absolute atomic E-state index is 12.3. The van der Waals surface area contributed by atoms with Crippen LogP contribution in [0.3, 0.4) is 0 Å². The quantitative estimate of drug-likeness (QED) is 0.615. The number of nitrogens with zero attached hydrogens (tertiary/aromatic N) is 1. The van der Waals surface area contributed by atoms with Crippen molar-refractivity contribution in [3.05, 3.63) is 41.5 Å². The molecule has 0 saturated heterocycles. The molecule has 0 unspecified atom stereocenters. The average Bonchev–Trinajstić information content (AvgIpc) is 2.53. The minimum absolute atomic E-state index is 0.274. The van der Waals surface area contributed by atoms with E-state index in [4.69, 9.17) is 9.47 Å². The van der Waals surface area contributed by atoms with Gasteiger partial charge in [-0.15, -0.1) is 0 Å². The van der Waals surface area contributed by atoms with Crippen molar-refractivity contribution in [1.82, 2.24) is 0 Å². The molecule has 0 aliphatic rings. The molecular weight excluding hydrogens is 338 g/mol. The first-order valence-corrected chi connectivity index (χ1v) is 10.0. The number of anilines is 1. The van der Waals surface area contributed by atoms with Crippen molar-refractivity contribution in [2.75, 3.05) is 31.3 Å². The van der Waals surface area contributed by atoms with Crippen LogP contribution in [0.1, 0.15) is 33.6 Å². The highest BCUT2D eigenvalue weighted by Crippen LogP contribution is 2.29. The molecule has 1 rings (SSSR count). The third-order valence-corrected chi connectivity index (χ3v) is 4.88. The molecule has 1 aromatic rings. The Balaban J connectivity index is 3.05. The topological polar surface area (TPSA) is 55.8 Å². The standard InChI is InChI=1S/C19H29NO4S/c1-15(2)8-7-9-16(3)10-11-20(25(6,21)22)17-12-18(23-4)14-19(13-17)24-5/h8,10,12-14H,7,9,11H2,1-6H3/b16-10+. The lowest BCUT2D eigenvalue weighted by atomic mass is 10.1. The number of allylic oxidation sites excluding steroid dienone is 3. The van der Waals surface area contributed by atoms with E-state index in [0.717, 1.165) is 18.4 Å². The van der Waals surface area contributed by atoms with Crippen molar-refractivity contribution in [2.24, 2.45) is 0 Å². The van der Waals surface area contributed by atoms with Crippen molar-refractivity contribution < 1.29 is 17.9 Å². The lowest BCUT2D eigenvalue weighted by molar-refractivity contribution is 0.394. The molecule has 0 aliphatic carbocycles. The van der Waals surface area contributed by atoms with Gasteiger partial charge in [-0.2, -0.15) is 0 Å². The summed E-state index contributed by atoms with van der Waals surface area (Å²) in [5.41, 5.74) is 2.96. The number of hydrogen-bond donors (Lipinski definition) is 0. The van der Waals surface area contributed by atoms with Crippen LogP contribution >= 0.6 is 0 Å².